The van der Waals surface area contributed by atoms with Gasteiger partial charge in [-0.25, -0.2) is 4.98 Å². The van der Waals surface area contributed by atoms with E-state index >= 15 is 0 Å². The average molecular weight is 527 g/mol. The van der Waals surface area contributed by atoms with E-state index in [1.807, 2.05) is 37.3 Å². The Morgan fingerprint density at radius 2 is 1.90 bits per heavy atom. The van der Waals surface area contributed by atoms with Crippen LogP contribution < -0.4 is 10.9 Å². The van der Waals surface area contributed by atoms with Crippen LogP contribution in [0.25, 0.3) is 0 Å². The summed E-state index contributed by atoms with van der Waals surface area (Å²) in [5.74, 6) is -2.71. The van der Waals surface area contributed by atoms with E-state index in [1.165, 1.54) is 29.0 Å². The Morgan fingerprint density at radius 3 is 2.51 bits per heavy atom. The first-order valence-electron chi connectivity index (χ1n) is 11.9. The van der Waals surface area contributed by atoms with Crippen molar-refractivity contribution in [3.05, 3.63) is 105 Å². The maximum absolute atomic E-state index is 13.0. The summed E-state index contributed by atoms with van der Waals surface area (Å²) in [6.07, 6.45) is 2.46. The number of amides is 2. The highest BCUT2D eigenvalue weighted by molar-refractivity contribution is 6.04. The number of nitrogens with zero attached hydrogens (tertiary/aromatic N) is 5. The first-order chi connectivity index (χ1) is 18.6. The molecule has 0 saturated heterocycles. The number of aromatic nitrogens is 3. The molecular weight excluding hydrogens is 500 g/mol. The van der Waals surface area contributed by atoms with Gasteiger partial charge >= 0.3 is 0 Å². The molecule has 0 aliphatic rings. The molecule has 2 atom stereocenters. The Balaban J connectivity index is 1.87. The molecule has 0 saturated carbocycles. The molecule has 0 aliphatic heterocycles. The zero-order chi connectivity index (χ0) is 28.3. The van der Waals surface area contributed by atoms with Gasteiger partial charge in [0.25, 0.3) is 17.4 Å². The van der Waals surface area contributed by atoms with Crippen molar-refractivity contribution in [1.82, 2.24) is 19.6 Å². The Labute approximate surface area is 223 Å². The van der Waals surface area contributed by atoms with Crippen LogP contribution >= 0.6 is 0 Å². The number of nitriles is 1. The fraction of sp³-hybridized carbons (Fsp3) is 0.214. The number of carbonyl (C=O) groups is 2. The second kappa shape index (κ2) is 11.0. The minimum atomic E-state index is -0.817. The molecule has 11 nitrogen and oxygen atoms in total. The van der Waals surface area contributed by atoms with Crippen LogP contribution in [0.3, 0.4) is 0 Å². The molecule has 4 rings (SSSR count). The number of nitrogens with one attached hydrogen (secondary N) is 1. The standard InChI is InChI=1S/C28H26N6O5/c1-16(25-32-23(24(35)28(38)34(25)4)26(36)31-20-14-30-39-15-20)22(17-8-6-5-7-9-17)21-11-10-18(12-19(21)13-29)27(37)33(2)3/h5-12,14-16,22,35H,1-4H3,(H,31,36)/t16-,22-/m1/s1. The molecule has 2 N–H and O–H groups in total. The Hall–Kier alpha value is -5.24. The van der Waals surface area contributed by atoms with Gasteiger partial charge in [0, 0.05) is 38.5 Å². The molecule has 198 valence electrons. The summed E-state index contributed by atoms with van der Waals surface area (Å²) in [7, 11) is 4.71. The van der Waals surface area contributed by atoms with Gasteiger partial charge in [0.2, 0.25) is 5.75 Å². The summed E-state index contributed by atoms with van der Waals surface area (Å²) in [4.78, 5) is 44.3. The molecule has 2 amide bonds. The number of hydrogen-bond acceptors (Lipinski definition) is 8. The van der Waals surface area contributed by atoms with E-state index in [2.05, 4.69) is 21.5 Å². The molecule has 0 unspecified atom stereocenters. The summed E-state index contributed by atoms with van der Waals surface area (Å²) >= 11 is 0. The third kappa shape index (κ3) is 5.26. The lowest BCUT2D eigenvalue weighted by Gasteiger charge is -2.27. The smallest absolute Gasteiger partial charge is 0.296 e. The van der Waals surface area contributed by atoms with Crippen molar-refractivity contribution < 1.29 is 19.2 Å². The van der Waals surface area contributed by atoms with Crippen LogP contribution in [0.4, 0.5) is 5.69 Å². The number of anilines is 1. The predicted molar refractivity (Wildman–Crippen MR) is 141 cm³/mol. The molecule has 0 bridgehead atoms. The van der Waals surface area contributed by atoms with Gasteiger partial charge in [-0.3, -0.25) is 19.0 Å². The van der Waals surface area contributed by atoms with Crippen LogP contribution in [-0.4, -0.2) is 50.6 Å². The van der Waals surface area contributed by atoms with Crippen LogP contribution in [0.15, 0.2) is 70.3 Å². The molecule has 0 aliphatic carbocycles. The molecule has 0 radical (unpaired) electrons. The fourth-order valence-corrected chi connectivity index (χ4v) is 4.49. The van der Waals surface area contributed by atoms with Gasteiger partial charge < -0.3 is 19.8 Å². The first-order valence-corrected chi connectivity index (χ1v) is 11.9. The SMILES string of the molecule is C[C@@H](c1nc(C(=O)Nc2cnoc2)c(O)c(=O)n1C)[C@H](c1ccccc1)c1ccc(C(=O)N(C)C)cc1C#N. The lowest BCUT2D eigenvalue weighted by atomic mass is 9.79. The summed E-state index contributed by atoms with van der Waals surface area (Å²) in [5, 5.41) is 26.5. The van der Waals surface area contributed by atoms with E-state index in [-0.39, 0.29) is 23.0 Å². The van der Waals surface area contributed by atoms with E-state index in [4.69, 9.17) is 4.52 Å². The number of carbonyl (C=O) groups excluding carboxylic acids is 2. The maximum Gasteiger partial charge on any atom is 0.296 e. The third-order valence-electron chi connectivity index (χ3n) is 6.43. The molecule has 39 heavy (non-hydrogen) atoms. The van der Waals surface area contributed by atoms with Crippen LogP contribution in [0, 0.1) is 11.3 Å². The Bertz CT molecular complexity index is 1620. The van der Waals surface area contributed by atoms with E-state index in [0.29, 0.717) is 11.1 Å². The van der Waals surface area contributed by atoms with E-state index in [1.54, 1.807) is 32.3 Å². The number of hydrogen-bond donors (Lipinski definition) is 2. The lowest BCUT2D eigenvalue weighted by Crippen LogP contribution is -2.29. The number of rotatable bonds is 7. The van der Waals surface area contributed by atoms with Gasteiger partial charge in [-0.05, 0) is 23.3 Å². The van der Waals surface area contributed by atoms with Crippen molar-refractivity contribution in [2.45, 2.75) is 18.8 Å². The molecule has 2 aromatic carbocycles. The molecule has 2 heterocycles. The summed E-state index contributed by atoms with van der Waals surface area (Å²) in [5.41, 5.74) is 1.06. The van der Waals surface area contributed by atoms with Crippen molar-refractivity contribution >= 4 is 17.5 Å². The van der Waals surface area contributed by atoms with E-state index in [9.17, 15) is 24.8 Å². The zero-order valence-corrected chi connectivity index (χ0v) is 21.7. The highest BCUT2D eigenvalue weighted by atomic mass is 16.5. The fourth-order valence-electron chi connectivity index (χ4n) is 4.49. The Morgan fingerprint density at radius 1 is 1.18 bits per heavy atom. The molecule has 2 aromatic heterocycles. The molecule has 0 spiro atoms. The van der Waals surface area contributed by atoms with Crippen molar-refractivity contribution in [1.29, 1.82) is 5.26 Å². The van der Waals surface area contributed by atoms with Gasteiger partial charge in [0.15, 0.2) is 5.69 Å². The zero-order valence-electron chi connectivity index (χ0n) is 21.7. The van der Waals surface area contributed by atoms with Gasteiger partial charge in [-0.2, -0.15) is 5.26 Å². The van der Waals surface area contributed by atoms with E-state index in [0.717, 1.165) is 5.56 Å². The quantitative estimate of drug-likeness (QED) is 0.372. The van der Waals surface area contributed by atoms with Gasteiger partial charge in [-0.15, -0.1) is 0 Å². The van der Waals surface area contributed by atoms with Crippen molar-refractivity contribution in [2.24, 2.45) is 7.05 Å². The molecular formula is C28H26N6O5. The largest absolute Gasteiger partial charge is 0.501 e. The molecule has 11 heteroatoms. The van der Waals surface area contributed by atoms with Crippen LogP contribution in [0.5, 0.6) is 5.75 Å². The third-order valence-corrected chi connectivity index (χ3v) is 6.43. The van der Waals surface area contributed by atoms with Gasteiger partial charge in [0.05, 0.1) is 17.8 Å². The highest BCUT2D eigenvalue weighted by Gasteiger charge is 2.31. The van der Waals surface area contributed by atoms with E-state index < -0.39 is 34.7 Å². The van der Waals surface area contributed by atoms with Crippen molar-refractivity contribution in [3.8, 4) is 11.8 Å². The Kier molecular flexibility index (Phi) is 7.58. The monoisotopic (exact) mass is 526 g/mol. The number of benzene rings is 2. The second-order valence-corrected chi connectivity index (χ2v) is 9.19. The van der Waals surface area contributed by atoms with Crippen LogP contribution in [-0.2, 0) is 7.05 Å². The average Bonchev–Trinajstić information content (AvgIpc) is 3.45. The summed E-state index contributed by atoms with van der Waals surface area (Å²) in [6, 6.07) is 16.5. The minimum Gasteiger partial charge on any atom is -0.501 e. The summed E-state index contributed by atoms with van der Waals surface area (Å²) in [6.45, 7) is 1.82. The molecule has 0 fully saturated rings. The highest BCUT2D eigenvalue weighted by Crippen LogP contribution is 2.39. The predicted octanol–water partition coefficient (Wildman–Crippen LogP) is 3.24. The summed E-state index contributed by atoms with van der Waals surface area (Å²) < 4.78 is 5.89. The normalized spacial score (nSPS) is 12.3. The minimum absolute atomic E-state index is 0.208. The number of aromatic hydroxyl groups is 1. The first kappa shape index (κ1) is 26.8. The van der Waals surface area contributed by atoms with Crippen molar-refractivity contribution in [3.63, 3.8) is 0 Å². The van der Waals surface area contributed by atoms with Crippen LogP contribution in [0.2, 0.25) is 0 Å². The topological polar surface area (TPSA) is 154 Å². The van der Waals surface area contributed by atoms with Crippen LogP contribution in [0.1, 0.15) is 62.1 Å². The van der Waals surface area contributed by atoms with Gasteiger partial charge in [0.1, 0.15) is 17.8 Å². The second-order valence-electron chi connectivity index (χ2n) is 9.19. The lowest BCUT2D eigenvalue weighted by molar-refractivity contribution is 0.0827. The van der Waals surface area contributed by atoms with Gasteiger partial charge in [-0.1, -0.05) is 48.5 Å². The van der Waals surface area contributed by atoms with Crippen molar-refractivity contribution in [2.75, 3.05) is 19.4 Å². The molecule has 4 aromatic rings. The maximum atomic E-state index is 13.0.